The summed E-state index contributed by atoms with van der Waals surface area (Å²) in [5.74, 6) is -7.62. The van der Waals surface area contributed by atoms with E-state index in [9.17, 15) is 45.3 Å². The first kappa shape index (κ1) is 21.6. The molecule has 0 saturated heterocycles. The maximum Gasteiger partial charge on any atom is 0.313 e. The lowest BCUT2D eigenvalue weighted by atomic mass is 9.82. The summed E-state index contributed by atoms with van der Waals surface area (Å²) in [6.45, 7) is 0. The molecule has 156 valence electrons. The van der Waals surface area contributed by atoms with E-state index < -0.39 is 70.2 Å². The van der Waals surface area contributed by atoms with E-state index in [0.717, 1.165) is 31.3 Å². The number of amides is 1. The highest BCUT2D eigenvalue weighted by Gasteiger charge is 2.39. The number of Topliss-reactive ketones (excluding diaryl/α,β-unsaturated/α-hetero) is 1. The van der Waals surface area contributed by atoms with Gasteiger partial charge < -0.3 is 35.7 Å². The summed E-state index contributed by atoms with van der Waals surface area (Å²) in [5, 5.41) is 78.4. The highest BCUT2D eigenvalue weighted by molar-refractivity contribution is 6.35. The Hall–Kier alpha value is -3.70. The summed E-state index contributed by atoms with van der Waals surface area (Å²) in [4.78, 5) is 23.9. The number of phenols is 6. The first-order valence-electron chi connectivity index (χ1n) is 8.07. The van der Waals surface area contributed by atoms with Crippen molar-refractivity contribution >= 4 is 11.7 Å². The van der Waals surface area contributed by atoms with Crippen LogP contribution < -0.4 is 0 Å². The van der Waals surface area contributed by atoms with Crippen LogP contribution in [0.5, 0.6) is 34.5 Å². The van der Waals surface area contributed by atoms with Crippen molar-refractivity contribution < 1.29 is 50.5 Å². The van der Waals surface area contributed by atoms with E-state index in [-0.39, 0.29) is 10.6 Å². The average molecular weight is 409 g/mol. The van der Waals surface area contributed by atoms with Crippen molar-refractivity contribution in [1.29, 1.82) is 0 Å². The zero-order valence-corrected chi connectivity index (χ0v) is 15.1. The highest BCUT2D eigenvalue weighted by Crippen LogP contribution is 2.45. The monoisotopic (exact) mass is 409 g/mol. The third-order valence-corrected chi connectivity index (χ3v) is 4.24. The number of carbonyl (C=O) groups excluding carboxylic acids is 2. The Bertz CT molecular complexity index is 948. The number of nitrogens with zero attached hydrogens (tertiary/aromatic N) is 1. The number of rotatable bonds is 6. The van der Waals surface area contributed by atoms with Crippen LogP contribution in [0.25, 0.3) is 0 Å². The maximum absolute atomic E-state index is 12.2. The first-order chi connectivity index (χ1) is 13.4. The van der Waals surface area contributed by atoms with Crippen LogP contribution in [-0.2, 0) is 21.6 Å². The predicted octanol–water partition coefficient (Wildman–Crippen LogP) is 0.157. The third kappa shape index (κ3) is 4.25. The zero-order valence-electron chi connectivity index (χ0n) is 15.1. The fraction of sp³-hybridized carbons (Fsp3) is 0.222. The number of benzene rings is 2. The SMILES string of the molecule is CN(O)C(=O)C(=O)CC(O)(Cc1cc(O)c(O)c(O)c1)c1ccc(O)c(O)c1O. The molecule has 0 radical (unpaired) electrons. The van der Waals surface area contributed by atoms with E-state index in [1.54, 1.807) is 0 Å². The van der Waals surface area contributed by atoms with Gasteiger partial charge >= 0.3 is 5.91 Å². The van der Waals surface area contributed by atoms with Crippen molar-refractivity contribution in [3.8, 4) is 34.5 Å². The van der Waals surface area contributed by atoms with Gasteiger partial charge in [-0.1, -0.05) is 0 Å². The van der Waals surface area contributed by atoms with E-state index in [2.05, 4.69) is 0 Å². The fourth-order valence-electron chi connectivity index (χ4n) is 2.82. The lowest BCUT2D eigenvalue weighted by molar-refractivity contribution is -0.167. The van der Waals surface area contributed by atoms with Gasteiger partial charge in [-0.25, -0.2) is 5.06 Å². The second kappa shape index (κ2) is 7.73. The molecular weight excluding hydrogens is 390 g/mol. The van der Waals surface area contributed by atoms with Gasteiger partial charge in [-0.2, -0.15) is 0 Å². The molecule has 0 heterocycles. The highest BCUT2D eigenvalue weighted by atomic mass is 16.5. The summed E-state index contributed by atoms with van der Waals surface area (Å²) < 4.78 is 0. The molecule has 11 nitrogen and oxygen atoms in total. The number of hydrogen-bond acceptors (Lipinski definition) is 10. The first-order valence-corrected chi connectivity index (χ1v) is 8.07. The third-order valence-electron chi connectivity index (χ3n) is 4.24. The van der Waals surface area contributed by atoms with Crippen LogP contribution >= 0.6 is 0 Å². The summed E-state index contributed by atoms with van der Waals surface area (Å²) in [7, 11) is 0.888. The molecule has 1 unspecified atom stereocenters. The van der Waals surface area contributed by atoms with Crippen LogP contribution in [0.15, 0.2) is 24.3 Å². The molecule has 0 aromatic heterocycles. The second-order valence-corrected chi connectivity index (χ2v) is 6.45. The lowest BCUT2D eigenvalue weighted by Gasteiger charge is -2.29. The van der Waals surface area contributed by atoms with E-state index in [4.69, 9.17) is 5.21 Å². The van der Waals surface area contributed by atoms with E-state index in [0.29, 0.717) is 0 Å². The Morgan fingerprint density at radius 1 is 0.897 bits per heavy atom. The minimum atomic E-state index is -2.39. The van der Waals surface area contributed by atoms with Crippen molar-refractivity contribution in [2.75, 3.05) is 7.05 Å². The molecular formula is C18H19NO10. The molecule has 2 aromatic rings. The number of aliphatic hydroxyl groups is 1. The summed E-state index contributed by atoms with van der Waals surface area (Å²) >= 11 is 0. The molecule has 0 aliphatic carbocycles. The maximum atomic E-state index is 12.2. The fourth-order valence-corrected chi connectivity index (χ4v) is 2.82. The normalized spacial score (nSPS) is 12.9. The molecule has 0 aliphatic rings. The molecule has 0 bridgehead atoms. The van der Waals surface area contributed by atoms with E-state index in [1.165, 1.54) is 0 Å². The van der Waals surface area contributed by atoms with Crippen LogP contribution in [0.2, 0.25) is 0 Å². The van der Waals surface area contributed by atoms with Gasteiger partial charge in [-0.3, -0.25) is 14.8 Å². The van der Waals surface area contributed by atoms with Gasteiger partial charge in [0.25, 0.3) is 0 Å². The summed E-state index contributed by atoms with van der Waals surface area (Å²) in [5.41, 5.74) is -2.88. The van der Waals surface area contributed by atoms with Gasteiger partial charge in [0.05, 0.1) is 0 Å². The van der Waals surface area contributed by atoms with Gasteiger partial charge in [0, 0.05) is 25.5 Å². The van der Waals surface area contributed by atoms with Gasteiger partial charge in [0.15, 0.2) is 28.7 Å². The molecule has 1 amide bonds. The molecule has 2 aromatic carbocycles. The molecule has 0 spiro atoms. The number of aromatic hydroxyl groups is 6. The number of hydrogen-bond donors (Lipinski definition) is 8. The molecule has 29 heavy (non-hydrogen) atoms. The average Bonchev–Trinajstić information content (AvgIpc) is 2.63. The number of hydroxylamine groups is 2. The van der Waals surface area contributed by atoms with Crippen LogP contribution in [0.4, 0.5) is 0 Å². The van der Waals surface area contributed by atoms with Gasteiger partial charge in [0.1, 0.15) is 5.60 Å². The number of carbonyl (C=O) groups is 2. The molecule has 0 fully saturated rings. The van der Waals surface area contributed by atoms with Gasteiger partial charge in [0.2, 0.25) is 11.5 Å². The van der Waals surface area contributed by atoms with Crippen LogP contribution in [0.3, 0.4) is 0 Å². The molecule has 2 rings (SSSR count). The Kier molecular flexibility index (Phi) is 5.76. The Morgan fingerprint density at radius 3 is 1.97 bits per heavy atom. The smallest absolute Gasteiger partial charge is 0.313 e. The number of phenolic OH excluding ortho intramolecular Hbond substituents is 6. The number of ketones is 1. The van der Waals surface area contributed by atoms with E-state index >= 15 is 0 Å². The van der Waals surface area contributed by atoms with Gasteiger partial charge in [-0.05, 0) is 29.8 Å². The van der Waals surface area contributed by atoms with Crippen LogP contribution in [0, 0.1) is 0 Å². The van der Waals surface area contributed by atoms with E-state index in [1.807, 2.05) is 0 Å². The zero-order chi connectivity index (χ0) is 22.1. The summed E-state index contributed by atoms with van der Waals surface area (Å²) in [6, 6.07) is 3.83. The minimum Gasteiger partial charge on any atom is -0.504 e. The van der Waals surface area contributed by atoms with Crippen molar-refractivity contribution in [2.45, 2.75) is 18.4 Å². The van der Waals surface area contributed by atoms with Crippen molar-refractivity contribution in [1.82, 2.24) is 5.06 Å². The molecule has 8 N–H and O–H groups in total. The Labute approximate surface area is 163 Å². The van der Waals surface area contributed by atoms with Crippen LogP contribution in [0.1, 0.15) is 17.5 Å². The Balaban J connectivity index is 2.58. The largest absolute Gasteiger partial charge is 0.504 e. The quantitative estimate of drug-likeness (QED) is 0.141. The second-order valence-electron chi connectivity index (χ2n) is 6.45. The molecule has 0 saturated carbocycles. The summed E-state index contributed by atoms with van der Waals surface area (Å²) in [6.07, 6.45) is -1.59. The molecule has 11 heteroatoms. The topological polar surface area (TPSA) is 199 Å². The van der Waals surface area contributed by atoms with Gasteiger partial charge in [-0.15, -0.1) is 0 Å². The lowest BCUT2D eigenvalue weighted by Crippen LogP contribution is -2.38. The number of likely N-dealkylation sites (N-methyl/N-ethyl adjacent to an activating group) is 1. The van der Waals surface area contributed by atoms with Crippen molar-refractivity contribution in [2.24, 2.45) is 0 Å². The molecule has 0 aliphatic heterocycles. The predicted molar refractivity (Wildman–Crippen MR) is 94.7 cm³/mol. The Morgan fingerprint density at radius 2 is 1.45 bits per heavy atom. The molecule has 1 atom stereocenters. The standard InChI is InChI=1S/C18H19NO10/c1-19(29)17(27)13(23)7-18(28,9-2-3-10(20)16(26)14(9)24)6-8-4-11(21)15(25)12(22)5-8/h2-5,20-22,24-26,28-29H,6-7H2,1H3. The van der Waals surface area contributed by atoms with Crippen molar-refractivity contribution in [3.63, 3.8) is 0 Å². The van der Waals surface area contributed by atoms with Crippen molar-refractivity contribution in [3.05, 3.63) is 35.4 Å². The van der Waals surface area contributed by atoms with Crippen LogP contribution in [-0.4, -0.2) is 64.8 Å². The minimum absolute atomic E-state index is 0.00485.